The number of fused-ring (bicyclic) bond motifs is 1. The van der Waals surface area contributed by atoms with E-state index < -0.39 is 16.1 Å². The summed E-state index contributed by atoms with van der Waals surface area (Å²) in [5.41, 5.74) is 1.83. The second-order valence-electron chi connectivity index (χ2n) is 11.0. The molecule has 3 aromatic rings. The molecule has 3 N–H and O–H groups in total. The number of ether oxygens (including phenoxy) is 2. The predicted molar refractivity (Wildman–Crippen MR) is 159 cm³/mol. The molecule has 0 bridgehead atoms. The summed E-state index contributed by atoms with van der Waals surface area (Å²) in [6, 6.07) is 15.7. The van der Waals surface area contributed by atoms with E-state index in [1.54, 1.807) is 48.7 Å². The molecule has 2 amide bonds. The quantitative estimate of drug-likeness (QED) is 0.421. The van der Waals surface area contributed by atoms with Crippen molar-refractivity contribution in [1.82, 2.24) is 19.5 Å². The maximum Gasteiger partial charge on any atom is 0.321 e. The molecule has 0 aliphatic carbocycles. The Labute approximate surface area is 246 Å². The van der Waals surface area contributed by atoms with E-state index >= 15 is 0 Å². The lowest BCUT2D eigenvalue weighted by atomic mass is 9.78. The molecule has 0 radical (unpaired) electrons. The van der Waals surface area contributed by atoms with E-state index in [0.29, 0.717) is 43.9 Å². The van der Waals surface area contributed by atoms with Gasteiger partial charge in [-0.25, -0.2) is 17.9 Å². The summed E-state index contributed by atoms with van der Waals surface area (Å²) in [4.78, 5) is 21.1. The highest BCUT2D eigenvalue weighted by Crippen LogP contribution is 2.37. The van der Waals surface area contributed by atoms with E-state index in [9.17, 15) is 18.3 Å². The van der Waals surface area contributed by atoms with E-state index in [0.717, 1.165) is 11.1 Å². The zero-order valence-electron chi connectivity index (χ0n) is 23.8. The standard InChI is InChI=1S/C30H37N5O6S/c1-34-19-24(36)18-32-42(38,39)28-10-9-22(23-6-5-13-31-17-23)16-27(28)41-21-30(20-34)11-14-35(15-12-30)29(37)33-25-7-3-4-8-26(25)40-2/h3-10,13,16-17,24,32,36H,11-12,14-15,18-21H2,1-2H3,(H,33,37). The molecule has 1 aromatic heterocycles. The number of para-hydroxylation sites is 2. The third-order valence-electron chi connectivity index (χ3n) is 7.86. The van der Waals surface area contributed by atoms with Gasteiger partial charge in [0.1, 0.15) is 16.4 Å². The summed E-state index contributed by atoms with van der Waals surface area (Å²) in [5, 5.41) is 13.6. The average Bonchev–Trinajstić information content (AvgIpc) is 2.99. The number of hydrogen-bond acceptors (Lipinski definition) is 8. The molecule has 3 heterocycles. The number of sulfonamides is 1. The van der Waals surface area contributed by atoms with Crippen LogP contribution in [0.1, 0.15) is 12.8 Å². The summed E-state index contributed by atoms with van der Waals surface area (Å²) in [7, 11) is -0.493. The Kier molecular flexibility index (Phi) is 8.97. The van der Waals surface area contributed by atoms with Crippen LogP contribution in [-0.4, -0.2) is 93.9 Å². The van der Waals surface area contributed by atoms with Crippen molar-refractivity contribution < 1.29 is 27.8 Å². The zero-order valence-corrected chi connectivity index (χ0v) is 24.6. The molecular formula is C30H37N5O6S. The molecule has 2 aliphatic heterocycles. The SMILES string of the molecule is COc1ccccc1NC(=O)N1CCC2(CC1)COc1cc(-c3cccnc3)ccc1S(=O)(=O)NCC(O)CN(C)C2. The maximum absolute atomic E-state index is 13.3. The number of piperidine rings is 1. The van der Waals surface area contributed by atoms with Crippen LogP contribution < -0.4 is 19.5 Å². The number of β-amino-alcohol motifs (C(OH)–C–C–N with tert-alkyl or cyclic N) is 1. The topological polar surface area (TPSA) is 133 Å². The van der Waals surface area contributed by atoms with Crippen molar-refractivity contribution in [3.63, 3.8) is 0 Å². The number of carbonyl (C=O) groups is 1. The highest BCUT2D eigenvalue weighted by molar-refractivity contribution is 7.89. The fourth-order valence-corrected chi connectivity index (χ4v) is 6.80. The van der Waals surface area contributed by atoms with Crippen LogP contribution in [-0.2, 0) is 10.0 Å². The van der Waals surface area contributed by atoms with Crippen LogP contribution in [0.3, 0.4) is 0 Å². The first-order valence-electron chi connectivity index (χ1n) is 13.9. The molecule has 0 saturated carbocycles. The smallest absolute Gasteiger partial charge is 0.321 e. The van der Waals surface area contributed by atoms with Crippen molar-refractivity contribution in [3.8, 4) is 22.6 Å². The number of aliphatic hydroxyl groups excluding tert-OH is 1. The van der Waals surface area contributed by atoms with Crippen molar-refractivity contribution in [1.29, 1.82) is 0 Å². The van der Waals surface area contributed by atoms with Gasteiger partial charge in [0.05, 0.1) is 25.5 Å². The van der Waals surface area contributed by atoms with Crippen LogP contribution in [0.2, 0.25) is 0 Å². The highest BCUT2D eigenvalue weighted by atomic mass is 32.2. The number of aliphatic hydroxyl groups is 1. The molecule has 2 aliphatic rings. The number of amides is 2. The van der Waals surface area contributed by atoms with Crippen LogP contribution >= 0.6 is 0 Å². The van der Waals surface area contributed by atoms with Crippen LogP contribution in [0, 0.1) is 5.41 Å². The molecule has 224 valence electrons. The van der Waals surface area contributed by atoms with E-state index in [4.69, 9.17) is 9.47 Å². The third kappa shape index (κ3) is 6.84. The number of urea groups is 1. The van der Waals surface area contributed by atoms with Gasteiger partial charge in [-0.05, 0) is 55.8 Å². The molecule has 11 nitrogen and oxygen atoms in total. The average molecular weight is 596 g/mol. The second-order valence-corrected chi connectivity index (χ2v) is 12.7. The number of pyridine rings is 1. The molecule has 1 fully saturated rings. The Morgan fingerprint density at radius 2 is 1.93 bits per heavy atom. The monoisotopic (exact) mass is 595 g/mol. The minimum Gasteiger partial charge on any atom is -0.495 e. The molecule has 5 rings (SSSR count). The molecular weight excluding hydrogens is 558 g/mol. The van der Waals surface area contributed by atoms with Gasteiger partial charge >= 0.3 is 6.03 Å². The molecule has 1 unspecified atom stereocenters. The molecule has 12 heteroatoms. The Bertz CT molecular complexity index is 1500. The number of aromatic nitrogens is 1. The number of nitrogens with one attached hydrogen (secondary N) is 2. The summed E-state index contributed by atoms with van der Waals surface area (Å²) in [6.45, 7) is 1.99. The van der Waals surface area contributed by atoms with Gasteiger partial charge < -0.3 is 29.7 Å². The van der Waals surface area contributed by atoms with Crippen molar-refractivity contribution >= 4 is 21.7 Å². The van der Waals surface area contributed by atoms with Gasteiger partial charge in [-0.15, -0.1) is 0 Å². The Hall–Kier alpha value is -3.71. The van der Waals surface area contributed by atoms with Crippen molar-refractivity contribution in [2.24, 2.45) is 5.41 Å². The molecule has 42 heavy (non-hydrogen) atoms. The minimum absolute atomic E-state index is 0.0139. The van der Waals surface area contributed by atoms with Gasteiger partial charge in [0.25, 0.3) is 0 Å². The number of anilines is 1. The second kappa shape index (κ2) is 12.7. The largest absolute Gasteiger partial charge is 0.495 e. The molecule has 2 aromatic carbocycles. The highest BCUT2D eigenvalue weighted by Gasteiger charge is 2.39. The van der Waals surface area contributed by atoms with Gasteiger partial charge in [0.15, 0.2) is 0 Å². The first-order valence-corrected chi connectivity index (χ1v) is 15.4. The number of nitrogens with zero attached hydrogens (tertiary/aromatic N) is 3. The van der Waals surface area contributed by atoms with Crippen molar-refractivity contribution in [3.05, 3.63) is 67.0 Å². The Morgan fingerprint density at radius 3 is 2.67 bits per heavy atom. The third-order valence-corrected chi connectivity index (χ3v) is 9.32. The van der Waals surface area contributed by atoms with E-state index in [2.05, 4.69) is 15.0 Å². The molecule has 1 spiro atoms. The summed E-state index contributed by atoms with van der Waals surface area (Å²) < 4.78 is 40.8. The fraction of sp³-hybridized carbons (Fsp3) is 0.400. The summed E-state index contributed by atoms with van der Waals surface area (Å²) >= 11 is 0. The van der Waals surface area contributed by atoms with Gasteiger partial charge in [-0.3, -0.25) is 4.98 Å². The predicted octanol–water partition coefficient (Wildman–Crippen LogP) is 3.03. The van der Waals surface area contributed by atoms with Gasteiger partial charge in [0.2, 0.25) is 10.0 Å². The number of carbonyl (C=O) groups excluding carboxylic acids is 1. The Balaban J connectivity index is 1.39. The van der Waals surface area contributed by atoms with Crippen LogP contribution in [0.25, 0.3) is 11.1 Å². The lowest BCUT2D eigenvalue weighted by molar-refractivity contribution is 0.0256. The number of likely N-dealkylation sites (tertiary alicyclic amines) is 1. The number of benzene rings is 2. The number of likely N-dealkylation sites (N-methyl/N-ethyl adjacent to an activating group) is 1. The number of hydrogen-bond donors (Lipinski definition) is 3. The van der Waals surface area contributed by atoms with E-state index in [1.807, 2.05) is 36.2 Å². The van der Waals surface area contributed by atoms with Crippen molar-refractivity contribution in [2.45, 2.75) is 23.8 Å². The first-order chi connectivity index (χ1) is 20.2. The van der Waals surface area contributed by atoms with Gasteiger partial charge in [-0.2, -0.15) is 0 Å². The van der Waals surface area contributed by atoms with Gasteiger partial charge in [0, 0.05) is 56.1 Å². The van der Waals surface area contributed by atoms with Crippen LogP contribution in [0.4, 0.5) is 10.5 Å². The molecule has 1 saturated heterocycles. The number of rotatable bonds is 3. The summed E-state index contributed by atoms with van der Waals surface area (Å²) in [6.07, 6.45) is 3.76. The van der Waals surface area contributed by atoms with Crippen molar-refractivity contribution in [2.75, 3.05) is 58.8 Å². The fourth-order valence-electron chi connectivity index (χ4n) is 5.61. The zero-order chi connectivity index (χ0) is 29.7. The van der Waals surface area contributed by atoms with Crippen LogP contribution in [0.5, 0.6) is 11.5 Å². The lowest BCUT2D eigenvalue weighted by Gasteiger charge is -2.44. The Morgan fingerprint density at radius 1 is 1.14 bits per heavy atom. The van der Waals surface area contributed by atoms with Crippen LogP contribution in [0.15, 0.2) is 71.9 Å². The maximum atomic E-state index is 13.3. The van der Waals surface area contributed by atoms with E-state index in [1.165, 1.54) is 6.07 Å². The number of methoxy groups -OCH3 is 1. The first kappa shape index (κ1) is 29.8. The van der Waals surface area contributed by atoms with E-state index in [-0.39, 0.29) is 41.8 Å². The summed E-state index contributed by atoms with van der Waals surface area (Å²) in [5.74, 6) is 0.818. The van der Waals surface area contributed by atoms with Gasteiger partial charge in [-0.1, -0.05) is 24.3 Å². The normalized spacial score (nSPS) is 20.8. The lowest BCUT2D eigenvalue weighted by Crippen LogP contribution is -2.52. The minimum atomic E-state index is -3.96. The molecule has 1 atom stereocenters.